The summed E-state index contributed by atoms with van der Waals surface area (Å²) >= 11 is 0. The Hall–Kier alpha value is -2.78. The highest BCUT2D eigenvalue weighted by molar-refractivity contribution is 7.89. The van der Waals surface area contributed by atoms with Gasteiger partial charge in [0.15, 0.2) is 0 Å². The first kappa shape index (κ1) is 17.6. The summed E-state index contributed by atoms with van der Waals surface area (Å²) in [6.07, 6.45) is 3.94. The monoisotopic (exact) mass is 386 g/mol. The average molecular weight is 386 g/mol. The molecule has 3 aromatic rings. The third kappa shape index (κ3) is 3.43. The molecule has 1 aliphatic heterocycles. The first-order valence-corrected chi connectivity index (χ1v) is 9.90. The lowest BCUT2D eigenvalue weighted by Gasteiger charge is -2.16. The second-order valence-corrected chi connectivity index (χ2v) is 8.15. The standard InChI is InChI=1S/C18H18N4O4S/c1-25-15-4-6-16(7-5-15)27(23,24)22-10-8-14(12-22)18-21-20-17(26-18)13-3-2-9-19-11-13/h2-7,9,11,14H,8,10,12H2,1H3/t14-/m0/s1. The van der Waals surface area contributed by atoms with Crippen LogP contribution in [-0.4, -0.2) is 48.1 Å². The number of ether oxygens (including phenoxy) is 1. The molecule has 9 heteroatoms. The van der Waals surface area contributed by atoms with Gasteiger partial charge in [0.1, 0.15) is 5.75 Å². The lowest BCUT2D eigenvalue weighted by Crippen LogP contribution is -2.28. The molecule has 0 spiro atoms. The van der Waals surface area contributed by atoms with Crippen molar-refractivity contribution in [2.24, 2.45) is 0 Å². The van der Waals surface area contributed by atoms with Gasteiger partial charge in [0, 0.05) is 25.5 Å². The van der Waals surface area contributed by atoms with Gasteiger partial charge in [-0.05, 0) is 42.8 Å². The lowest BCUT2D eigenvalue weighted by molar-refractivity contribution is 0.414. The van der Waals surface area contributed by atoms with E-state index in [9.17, 15) is 8.42 Å². The second-order valence-electron chi connectivity index (χ2n) is 6.21. The SMILES string of the molecule is COc1ccc(S(=O)(=O)N2CC[C@H](c3nnc(-c4cccnc4)o3)C2)cc1. The number of rotatable bonds is 5. The minimum absolute atomic E-state index is 0.129. The summed E-state index contributed by atoms with van der Waals surface area (Å²) in [5.41, 5.74) is 0.733. The Bertz CT molecular complexity index is 1020. The number of methoxy groups -OCH3 is 1. The Morgan fingerprint density at radius 1 is 1.19 bits per heavy atom. The van der Waals surface area contributed by atoms with E-state index in [-0.39, 0.29) is 10.8 Å². The highest BCUT2D eigenvalue weighted by Crippen LogP contribution is 2.32. The molecule has 0 N–H and O–H groups in total. The molecule has 4 rings (SSSR count). The summed E-state index contributed by atoms with van der Waals surface area (Å²) in [6.45, 7) is 0.715. The number of sulfonamides is 1. The van der Waals surface area contributed by atoms with Crippen LogP contribution in [-0.2, 0) is 10.0 Å². The maximum atomic E-state index is 12.8. The molecule has 8 nitrogen and oxygen atoms in total. The van der Waals surface area contributed by atoms with Gasteiger partial charge in [-0.2, -0.15) is 4.31 Å². The van der Waals surface area contributed by atoms with Gasteiger partial charge >= 0.3 is 0 Å². The fourth-order valence-corrected chi connectivity index (χ4v) is 4.55. The average Bonchev–Trinajstić information content (AvgIpc) is 3.38. The Morgan fingerprint density at radius 2 is 2.00 bits per heavy atom. The van der Waals surface area contributed by atoms with Crippen LogP contribution in [0, 0.1) is 0 Å². The molecule has 140 valence electrons. The van der Waals surface area contributed by atoms with Crippen LogP contribution in [0.2, 0.25) is 0 Å². The molecule has 1 fully saturated rings. The molecule has 0 amide bonds. The van der Waals surface area contributed by atoms with E-state index in [0.29, 0.717) is 37.0 Å². The summed E-state index contributed by atoms with van der Waals surface area (Å²) in [6, 6.07) is 10.00. The highest BCUT2D eigenvalue weighted by Gasteiger charge is 2.35. The first-order chi connectivity index (χ1) is 13.1. The number of aromatic nitrogens is 3. The van der Waals surface area contributed by atoms with E-state index in [1.165, 1.54) is 4.31 Å². The van der Waals surface area contributed by atoms with E-state index in [0.717, 1.165) is 5.56 Å². The van der Waals surface area contributed by atoms with E-state index < -0.39 is 10.0 Å². The molecule has 0 radical (unpaired) electrons. The van der Waals surface area contributed by atoms with Crippen molar-refractivity contribution in [3.8, 4) is 17.2 Å². The van der Waals surface area contributed by atoms with Gasteiger partial charge in [-0.25, -0.2) is 8.42 Å². The van der Waals surface area contributed by atoms with Crippen molar-refractivity contribution in [2.45, 2.75) is 17.2 Å². The van der Waals surface area contributed by atoms with Gasteiger partial charge in [0.2, 0.25) is 21.8 Å². The zero-order chi connectivity index (χ0) is 18.9. The van der Waals surface area contributed by atoms with Crippen LogP contribution >= 0.6 is 0 Å². The van der Waals surface area contributed by atoms with Crippen molar-refractivity contribution in [3.05, 3.63) is 54.7 Å². The second kappa shape index (κ2) is 7.09. The molecule has 0 aliphatic carbocycles. The van der Waals surface area contributed by atoms with Crippen LogP contribution in [0.4, 0.5) is 0 Å². The smallest absolute Gasteiger partial charge is 0.249 e. The largest absolute Gasteiger partial charge is 0.497 e. The Morgan fingerprint density at radius 3 is 2.70 bits per heavy atom. The number of pyridine rings is 1. The molecular formula is C18H18N4O4S. The molecule has 2 aromatic heterocycles. The number of benzene rings is 1. The summed E-state index contributed by atoms with van der Waals surface area (Å²) in [5.74, 6) is 1.31. The van der Waals surface area contributed by atoms with Gasteiger partial charge in [-0.15, -0.1) is 10.2 Å². The zero-order valence-electron chi connectivity index (χ0n) is 14.6. The number of nitrogens with zero attached hydrogens (tertiary/aromatic N) is 4. The molecule has 1 saturated heterocycles. The molecule has 1 atom stereocenters. The Balaban J connectivity index is 1.50. The topological polar surface area (TPSA) is 98.4 Å². The lowest BCUT2D eigenvalue weighted by atomic mass is 10.1. The Labute approximate surface area is 156 Å². The molecular weight excluding hydrogens is 368 g/mol. The summed E-state index contributed by atoms with van der Waals surface area (Å²) in [4.78, 5) is 4.28. The fourth-order valence-electron chi connectivity index (χ4n) is 3.05. The van der Waals surface area contributed by atoms with Crippen molar-refractivity contribution >= 4 is 10.0 Å². The van der Waals surface area contributed by atoms with Crippen molar-refractivity contribution in [2.75, 3.05) is 20.2 Å². The number of hydrogen-bond donors (Lipinski definition) is 0. The normalized spacial score (nSPS) is 17.9. The van der Waals surface area contributed by atoms with Gasteiger partial charge < -0.3 is 9.15 Å². The predicted molar refractivity (Wildman–Crippen MR) is 96.6 cm³/mol. The molecule has 1 aliphatic rings. The minimum Gasteiger partial charge on any atom is -0.497 e. The van der Waals surface area contributed by atoms with E-state index in [2.05, 4.69) is 15.2 Å². The van der Waals surface area contributed by atoms with Crippen LogP contribution < -0.4 is 4.74 Å². The molecule has 1 aromatic carbocycles. The predicted octanol–water partition coefficient (Wildman–Crippen LogP) is 2.32. The van der Waals surface area contributed by atoms with Gasteiger partial charge in [-0.3, -0.25) is 4.98 Å². The third-order valence-corrected chi connectivity index (χ3v) is 6.43. The summed E-state index contributed by atoms with van der Waals surface area (Å²) in [7, 11) is -2.03. The molecule has 27 heavy (non-hydrogen) atoms. The van der Waals surface area contributed by atoms with E-state index in [1.807, 2.05) is 6.07 Å². The maximum absolute atomic E-state index is 12.8. The summed E-state index contributed by atoms with van der Waals surface area (Å²) < 4.78 is 38.0. The van der Waals surface area contributed by atoms with E-state index >= 15 is 0 Å². The maximum Gasteiger partial charge on any atom is 0.249 e. The molecule has 3 heterocycles. The molecule has 0 unspecified atom stereocenters. The van der Waals surface area contributed by atoms with Crippen molar-refractivity contribution in [1.29, 1.82) is 0 Å². The van der Waals surface area contributed by atoms with E-state index in [1.54, 1.807) is 49.8 Å². The van der Waals surface area contributed by atoms with Gasteiger partial charge in [-0.1, -0.05) is 0 Å². The zero-order valence-corrected chi connectivity index (χ0v) is 15.5. The summed E-state index contributed by atoms with van der Waals surface area (Å²) in [5, 5.41) is 8.16. The molecule has 0 saturated carbocycles. The van der Waals surface area contributed by atoms with Crippen LogP contribution in [0.5, 0.6) is 5.75 Å². The van der Waals surface area contributed by atoms with Crippen molar-refractivity contribution < 1.29 is 17.6 Å². The third-order valence-electron chi connectivity index (χ3n) is 4.55. The minimum atomic E-state index is -3.57. The quantitative estimate of drug-likeness (QED) is 0.663. The van der Waals surface area contributed by atoms with Crippen LogP contribution in [0.3, 0.4) is 0 Å². The van der Waals surface area contributed by atoms with Gasteiger partial charge in [0.25, 0.3) is 0 Å². The number of hydrogen-bond acceptors (Lipinski definition) is 7. The first-order valence-electron chi connectivity index (χ1n) is 8.46. The van der Waals surface area contributed by atoms with Crippen molar-refractivity contribution in [3.63, 3.8) is 0 Å². The van der Waals surface area contributed by atoms with Crippen molar-refractivity contribution in [1.82, 2.24) is 19.5 Å². The van der Waals surface area contributed by atoms with Gasteiger partial charge in [0.05, 0.1) is 23.5 Å². The molecule has 0 bridgehead atoms. The Kier molecular flexibility index (Phi) is 4.63. The fraction of sp³-hybridized carbons (Fsp3) is 0.278. The van der Waals surface area contributed by atoms with Crippen LogP contribution in [0.15, 0.2) is 58.1 Å². The van der Waals surface area contributed by atoms with Crippen LogP contribution in [0.1, 0.15) is 18.2 Å². The van der Waals surface area contributed by atoms with Crippen LogP contribution in [0.25, 0.3) is 11.5 Å². The highest BCUT2D eigenvalue weighted by atomic mass is 32.2. The van der Waals surface area contributed by atoms with E-state index in [4.69, 9.17) is 9.15 Å².